The summed E-state index contributed by atoms with van der Waals surface area (Å²) in [6.45, 7) is 0.161. The molecule has 0 saturated heterocycles. The lowest BCUT2D eigenvalue weighted by atomic mass is 10.1. The van der Waals surface area contributed by atoms with E-state index in [2.05, 4.69) is 20.0 Å². The zero-order valence-electron chi connectivity index (χ0n) is 18.8. The average Bonchev–Trinajstić information content (AvgIpc) is 3.08. The second kappa shape index (κ2) is 9.21. The van der Waals surface area contributed by atoms with Crippen LogP contribution in [0, 0.1) is 0 Å². The Morgan fingerprint density at radius 2 is 1.61 bits per heavy atom. The molecule has 36 heavy (non-hydrogen) atoms. The van der Waals surface area contributed by atoms with Crippen LogP contribution in [0.3, 0.4) is 0 Å². The first-order chi connectivity index (χ1) is 17.3. The molecule has 184 valence electrons. The van der Waals surface area contributed by atoms with Crippen molar-refractivity contribution in [3.8, 4) is 0 Å². The van der Waals surface area contributed by atoms with Crippen molar-refractivity contribution < 1.29 is 21.6 Å². The van der Waals surface area contributed by atoms with Gasteiger partial charge >= 0.3 is 0 Å². The molecule has 4 aromatic rings. The standard InChI is InChI=1S/C24H21N5O5S2/c30-22(27-18-10-12-19(13-11-18)35(31,32)28-24-25-14-4-15-26-24)9-3-16-29-20-7-1-5-17-6-2-8-21(23(17)20)36(29,33)34/h1-2,4-8,10-15H,3,9,16H2,(H,27,30)(H,25,26,28). The fourth-order valence-corrected chi connectivity index (χ4v) is 6.76. The van der Waals surface area contributed by atoms with Gasteiger partial charge in [-0.3, -0.25) is 9.10 Å². The van der Waals surface area contributed by atoms with Gasteiger partial charge in [0.2, 0.25) is 11.9 Å². The van der Waals surface area contributed by atoms with Gasteiger partial charge in [-0.1, -0.05) is 24.3 Å². The lowest BCUT2D eigenvalue weighted by Gasteiger charge is -2.18. The monoisotopic (exact) mass is 523 g/mol. The fraction of sp³-hybridized carbons (Fsp3) is 0.125. The van der Waals surface area contributed by atoms with Crippen LogP contribution in [0.2, 0.25) is 0 Å². The van der Waals surface area contributed by atoms with Crippen molar-refractivity contribution >= 4 is 54.0 Å². The normalized spacial score (nSPS) is 14.1. The summed E-state index contributed by atoms with van der Waals surface area (Å²) in [5, 5.41) is 4.26. The van der Waals surface area contributed by atoms with Crippen molar-refractivity contribution in [1.29, 1.82) is 0 Å². The lowest BCUT2D eigenvalue weighted by Crippen LogP contribution is -2.28. The SMILES string of the molecule is O=C(CCCN1c2cccc3cccc(c23)S1(=O)=O)Nc1ccc(S(=O)(=O)Nc2ncccn2)cc1. The van der Waals surface area contributed by atoms with Gasteiger partial charge in [0.1, 0.15) is 0 Å². The Balaban J connectivity index is 1.19. The molecule has 0 saturated carbocycles. The van der Waals surface area contributed by atoms with Crippen molar-refractivity contribution in [3.05, 3.63) is 79.1 Å². The number of anilines is 3. The summed E-state index contributed by atoms with van der Waals surface area (Å²) in [6.07, 6.45) is 3.23. The molecule has 2 N–H and O–H groups in total. The summed E-state index contributed by atoms with van der Waals surface area (Å²) in [6, 6.07) is 17.9. The van der Waals surface area contributed by atoms with Gasteiger partial charge in [0.25, 0.3) is 20.0 Å². The molecule has 1 aliphatic rings. The summed E-state index contributed by atoms with van der Waals surface area (Å²) < 4.78 is 54.6. The van der Waals surface area contributed by atoms with Crippen molar-refractivity contribution in [2.24, 2.45) is 0 Å². The zero-order valence-corrected chi connectivity index (χ0v) is 20.5. The van der Waals surface area contributed by atoms with Crippen molar-refractivity contribution in [2.75, 3.05) is 20.9 Å². The number of carbonyl (C=O) groups is 1. The second-order valence-corrected chi connectivity index (χ2v) is 11.6. The van der Waals surface area contributed by atoms with E-state index in [-0.39, 0.29) is 34.6 Å². The first-order valence-corrected chi connectivity index (χ1v) is 13.9. The summed E-state index contributed by atoms with van der Waals surface area (Å²) >= 11 is 0. The molecule has 3 aromatic carbocycles. The smallest absolute Gasteiger partial charge is 0.265 e. The first kappa shape index (κ1) is 23.7. The molecule has 0 spiro atoms. The third kappa shape index (κ3) is 4.48. The summed E-state index contributed by atoms with van der Waals surface area (Å²) in [7, 11) is -7.55. The van der Waals surface area contributed by atoms with E-state index < -0.39 is 20.0 Å². The predicted molar refractivity (Wildman–Crippen MR) is 136 cm³/mol. The molecule has 1 aliphatic heterocycles. The first-order valence-electron chi connectivity index (χ1n) is 11.0. The number of rotatable bonds is 8. The van der Waals surface area contributed by atoms with Crippen LogP contribution in [0.15, 0.2) is 88.9 Å². The van der Waals surface area contributed by atoms with Crippen molar-refractivity contribution in [1.82, 2.24) is 9.97 Å². The minimum atomic E-state index is -3.88. The van der Waals surface area contributed by atoms with Crippen LogP contribution in [-0.2, 0) is 24.8 Å². The van der Waals surface area contributed by atoms with Crippen LogP contribution >= 0.6 is 0 Å². The number of aromatic nitrogens is 2. The van der Waals surface area contributed by atoms with Crippen molar-refractivity contribution in [3.63, 3.8) is 0 Å². The molecule has 0 aliphatic carbocycles. The molecule has 0 bridgehead atoms. The molecule has 0 radical (unpaired) electrons. The highest BCUT2D eigenvalue weighted by molar-refractivity contribution is 7.93. The van der Waals surface area contributed by atoms with E-state index in [4.69, 9.17) is 0 Å². The Morgan fingerprint density at radius 3 is 2.33 bits per heavy atom. The van der Waals surface area contributed by atoms with Crippen LogP contribution in [0.5, 0.6) is 0 Å². The minimum Gasteiger partial charge on any atom is -0.326 e. The van der Waals surface area contributed by atoms with Crippen molar-refractivity contribution in [2.45, 2.75) is 22.6 Å². The molecule has 0 unspecified atom stereocenters. The molecule has 0 fully saturated rings. The van der Waals surface area contributed by atoms with Gasteiger partial charge in [0.05, 0.1) is 15.5 Å². The van der Waals surface area contributed by atoms with Gasteiger partial charge in [-0.15, -0.1) is 0 Å². The van der Waals surface area contributed by atoms with Gasteiger partial charge in [-0.05, 0) is 54.3 Å². The van der Waals surface area contributed by atoms with E-state index in [0.717, 1.165) is 5.39 Å². The highest BCUT2D eigenvalue weighted by atomic mass is 32.2. The van der Waals surface area contributed by atoms with Crippen LogP contribution in [0.1, 0.15) is 12.8 Å². The molecule has 5 rings (SSSR count). The average molecular weight is 524 g/mol. The van der Waals surface area contributed by atoms with Gasteiger partial charge in [0.15, 0.2) is 0 Å². The van der Waals surface area contributed by atoms with Gasteiger partial charge in [-0.25, -0.2) is 31.5 Å². The third-order valence-corrected chi connectivity index (χ3v) is 8.89. The molecular weight excluding hydrogens is 502 g/mol. The third-order valence-electron chi connectivity index (χ3n) is 5.69. The number of carbonyl (C=O) groups excluding carboxylic acids is 1. The molecular formula is C24H21N5O5S2. The van der Waals surface area contributed by atoms with Crippen LogP contribution in [0.25, 0.3) is 10.8 Å². The lowest BCUT2D eigenvalue weighted by molar-refractivity contribution is -0.116. The predicted octanol–water partition coefficient (Wildman–Crippen LogP) is 3.36. The molecule has 10 nitrogen and oxygen atoms in total. The number of hydrogen-bond acceptors (Lipinski definition) is 7. The molecule has 2 heterocycles. The highest BCUT2D eigenvalue weighted by Gasteiger charge is 2.35. The zero-order chi connectivity index (χ0) is 25.3. The maximum atomic E-state index is 13.0. The largest absolute Gasteiger partial charge is 0.326 e. The summed E-state index contributed by atoms with van der Waals surface area (Å²) in [5.41, 5.74) is 1.04. The van der Waals surface area contributed by atoms with E-state index in [1.54, 1.807) is 24.3 Å². The molecule has 0 atom stereocenters. The number of nitrogens with one attached hydrogen (secondary N) is 2. The molecule has 12 heteroatoms. The second-order valence-electron chi connectivity index (χ2n) is 8.06. The van der Waals surface area contributed by atoms with Crippen LogP contribution in [-0.4, -0.2) is 39.3 Å². The van der Waals surface area contributed by atoms with E-state index in [1.165, 1.54) is 41.0 Å². The number of amides is 1. The molecule has 1 amide bonds. The highest BCUT2D eigenvalue weighted by Crippen LogP contribution is 2.41. The van der Waals surface area contributed by atoms with Gasteiger partial charge < -0.3 is 5.32 Å². The van der Waals surface area contributed by atoms with Crippen LogP contribution < -0.4 is 14.3 Å². The number of hydrogen-bond donors (Lipinski definition) is 2. The maximum absolute atomic E-state index is 13.0. The Hall–Kier alpha value is -4.03. The number of nitrogens with zero attached hydrogens (tertiary/aromatic N) is 3. The Morgan fingerprint density at radius 1 is 0.917 bits per heavy atom. The summed E-state index contributed by atoms with van der Waals surface area (Å²) in [4.78, 5) is 20.4. The van der Waals surface area contributed by atoms with Gasteiger partial charge in [-0.2, -0.15) is 0 Å². The Kier molecular flexibility index (Phi) is 6.06. The van der Waals surface area contributed by atoms with Crippen LogP contribution in [0.4, 0.5) is 17.3 Å². The van der Waals surface area contributed by atoms with E-state index in [9.17, 15) is 21.6 Å². The van der Waals surface area contributed by atoms with E-state index in [1.807, 2.05) is 18.2 Å². The summed E-state index contributed by atoms with van der Waals surface area (Å²) in [5.74, 6) is -0.358. The van der Waals surface area contributed by atoms with Gasteiger partial charge in [0, 0.05) is 36.4 Å². The quantitative estimate of drug-likeness (QED) is 0.361. The number of sulfonamides is 2. The number of benzene rings is 3. The molecule has 1 aromatic heterocycles. The Bertz CT molecular complexity index is 1650. The van der Waals surface area contributed by atoms with E-state index in [0.29, 0.717) is 23.2 Å². The Labute approximate surface area is 208 Å². The topological polar surface area (TPSA) is 138 Å². The fourth-order valence-electron chi connectivity index (χ4n) is 4.05. The van der Waals surface area contributed by atoms with E-state index >= 15 is 0 Å². The minimum absolute atomic E-state index is 0.0130. The maximum Gasteiger partial charge on any atom is 0.265 e.